The molecule has 0 unspecified atom stereocenters. The molecule has 0 aliphatic heterocycles. The number of nitrogens with zero attached hydrogens (tertiary/aromatic N) is 1. The number of phenols is 1. The minimum atomic E-state index is -0.438. The third-order valence-electron chi connectivity index (χ3n) is 2.69. The summed E-state index contributed by atoms with van der Waals surface area (Å²) in [5, 5.41) is 13.7. The molecule has 0 bridgehead atoms. The van der Waals surface area contributed by atoms with E-state index in [9.17, 15) is 9.90 Å². The summed E-state index contributed by atoms with van der Waals surface area (Å²) < 4.78 is 11.0. The highest BCUT2D eigenvalue weighted by atomic mass is 79.9. The number of amides is 1. The minimum absolute atomic E-state index is 0.0223. The maximum atomic E-state index is 11.7. The van der Waals surface area contributed by atoms with Crippen LogP contribution in [0.2, 0.25) is 0 Å². The van der Waals surface area contributed by atoms with Crippen molar-refractivity contribution >= 4 is 28.1 Å². The number of halogens is 1. The highest BCUT2D eigenvalue weighted by Gasteiger charge is 2.10. The van der Waals surface area contributed by atoms with E-state index in [1.54, 1.807) is 31.2 Å². The fourth-order valence-electron chi connectivity index (χ4n) is 1.71. The molecular formula is C15H15BrN2O4. The van der Waals surface area contributed by atoms with Crippen LogP contribution in [0.1, 0.15) is 28.8 Å². The third kappa shape index (κ3) is 3.88. The lowest BCUT2D eigenvalue weighted by atomic mass is 10.2. The first kappa shape index (κ1) is 16.1. The number of aryl methyl sites for hydroxylation is 1. The van der Waals surface area contributed by atoms with Crippen molar-refractivity contribution in [3.8, 4) is 11.5 Å². The number of phenolic OH excluding ortho intramolecular Hbond substituents is 1. The van der Waals surface area contributed by atoms with Crippen molar-refractivity contribution in [2.45, 2.75) is 13.8 Å². The lowest BCUT2D eigenvalue weighted by molar-refractivity contribution is 0.0926. The van der Waals surface area contributed by atoms with Crippen LogP contribution in [0.25, 0.3) is 0 Å². The van der Waals surface area contributed by atoms with Gasteiger partial charge in [-0.05, 0) is 59.6 Å². The second-order valence-electron chi connectivity index (χ2n) is 4.39. The molecule has 1 amide bonds. The molecule has 0 radical (unpaired) electrons. The maximum absolute atomic E-state index is 11.7. The van der Waals surface area contributed by atoms with Crippen molar-refractivity contribution in [3.05, 3.63) is 45.8 Å². The molecule has 116 valence electrons. The van der Waals surface area contributed by atoms with Gasteiger partial charge in [-0.15, -0.1) is 0 Å². The predicted octanol–water partition coefficient (Wildman–Crippen LogP) is 3.22. The van der Waals surface area contributed by atoms with E-state index in [4.69, 9.17) is 9.15 Å². The van der Waals surface area contributed by atoms with E-state index < -0.39 is 5.91 Å². The zero-order valence-corrected chi connectivity index (χ0v) is 13.7. The molecule has 6 nitrogen and oxygen atoms in total. The average molecular weight is 367 g/mol. The molecule has 0 aliphatic carbocycles. The number of hydrogen-bond donors (Lipinski definition) is 2. The van der Waals surface area contributed by atoms with E-state index in [0.29, 0.717) is 28.2 Å². The number of hydrazone groups is 1. The average Bonchev–Trinajstić information content (AvgIpc) is 2.91. The lowest BCUT2D eigenvalue weighted by Crippen LogP contribution is -2.16. The number of hydrogen-bond acceptors (Lipinski definition) is 5. The van der Waals surface area contributed by atoms with Gasteiger partial charge >= 0.3 is 5.91 Å². The van der Waals surface area contributed by atoms with Crippen LogP contribution < -0.4 is 10.2 Å². The van der Waals surface area contributed by atoms with Gasteiger partial charge in [-0.3, -0.25) is 4.79 Å². The van der Waals surface area contributed by atoms with Gasteiger partial charge < -0.3 is 14.3 Å². The minimum Gasteiger partial charge on any atom is -0.503 e. The Hall–Kier alpha value is -2.28. The summed E-state index contributed by atoms with van der Waals surface area (Å²) in [5.74, 6) is 0.766. The number of rotatable bonds is 5. The summed E-state index contributed by atoms with van der Waals surface area (Å²) in [4.78, 5) is 11.7. The normalized spacial score (nSPS) is 10.9. The largest absolute Gasteiger partial charge is 0.503 e. The van der Waals surface area contributed by atoms with Crippen molar-refractivity contribution in [1.29, 1.82) is 0 Å². The molecule has 1 heterocycles. The third-order valence-corrected chi connectivity index (χ3v) is 3.30. The van der Waals surface area contributed by atoms with Gasteiger partial charge in [-0.25, -0.2) is 5.43 Å². The van der Waals surface area contributed by atoms with Crippen molar-refractivity contribution in [3.63, 3.8) is 0 Å². The number of aromatic hydroxyl groups is 1. The number of furan rings is 1. The van der Waals surface area contributed by atoms with E-state index in [2.05, 4.69) is 26.5 Å². The molecule has 0 fully saturated rings. The molecule has 1 aromatic carbocycles. The standard InChI is InChI=1S/C15H15BrN2O4/c1-3-21-13-7-10(6-11(16)14(13)19)8-17-18-15(20)12-5-4-9(2)22-12/h4-8,19H,3H2,1-2H3,(H,18,20)/b17-8-. The fourth-order valence-corrected chi connectivity index (χ4v) is 2.17. The highest BCUT2D eigenvalue weighted by molar-refractivity contribution is 9.10. The quantitative estimate of drug-likeness (QED) is 0.628. The number of carbonyl (C=O) groups excluding carboxylic acids is 1. The first-order valence-electron chi connectivity index (χ1n) is 6.56. The van der Waals surface area contributed by atoms with Crippen LogP contribution in [0, 0.1) is 6.92 Å². The van der Waals surface area contributed by atoms with Crippen LogP contribution in [0.3, 0.4) is 0 Å². The van der Waals surface area contributed by atoms with Gasteiger partial charge in [0.1, 0.15) is 5.76 Å². The van der Waals surface area contributed by atoms with Crippen molar-refractivity contribution in [2.24, 2.45) is 5.10 Å². The first-order valence-corrected chi connectivity index (χ1v) is 7.35. The van der Waals surface area contributed by atoms with E-state index in [1.165, 1.54) is 6.21 Å². The highest BCUT2D eigenvalue weighted by Crippen LogP contribution is 2.34. The van der Waals surface area contributed by atoms with Gasteiger partial charge in [-0.1, -0.05) is 0 Å². The summed E-state index contributed by atoms with van der Waals surface area (Å²) in [5.41, 5.74) is 3.02. The molecule has 2 rings (SSSR count). The molecule has 7 heteroatoms. The Bertz CT molecular complexity index is 710. The van der Waals surface area contributed by atoms with Crippen LogP contribution in [-0.2, 0) is 0 Å². The summed E-state index contributed by atoms with van der Waals surface area (Å²) >= 11 is 3.23. The van der Waals surface area contributed by atoms with Crippen molar-refractivity contribution < 1.29 is 19.1 Å². The van der Waals surface area contributed by atoms with E-state index in [0.717, 1.165) is 0 Å². The summed E-state index contributed by atoms with van der Waals surface area (Å²) in [7, 11) is 0. The molecule has 0 saturated heterocycles. The molecule has 0 spiro atoms. The number of benzene rings is 1. The summed E-state index contributed by atoms with van der Waals surface area (Å²) in [6, 6.07) is 6.55. The summed E-state index contributed by atoms with van der Waals surface area (Å²) in [6.07, 6.45) is 1.44. The van der Waals surface area contributed by atoms with Gasteiger partial charge in [0, 0.05) is 0 Å². The molecular weight excluding hydrogens is 352 g/mol. The maximum Gasteiger partial charge on any atom is 0.307 e. The fraction of sp³-hybridized carbons (Fsp3) is 0.200. The lowest BCUT2D eigenvalue weighted by Gasteiger charge is -2.08. The topological polar surface area (TPSA) is 84.1 Å². The molecule has 0 aliphatic rings. The van der Waals surface area contributed by atoms with Crippen LogP contribution in [0.15, 0.2) is 38.3 Å². The van der Waals surface area contributed by atoms with Crippen LogP contribution in [-0.4, -0.2) is 23.8 Å². The Morgan fingerprint density at radius 3 is 2.91 bits per heavy atom. The molecule has 0 atom stereocenters. The zero-order chi connectivity index (χ0) is 16.1. The van der Waals surface area contributed by atoms with Gasteiger partial charge in [-0.2, -0.15) is 5.10 Å². The van der Waals surface area contributed by atoms with Gasteiger partial charge in [0.25, 0.3) is 0 Å². The Balaban J connectivity index is 2.08. The summed E-state index contributed by atoms with van der Waals surface area (Å²) in [6.45, 7) is 4.00. The van der Waals surface area contributed by atoms with Crippen LogP contribution in [0.5, 0.6) is 11.5 Å². The number of ether oxygens (including phenoxy) is 1. The van der Waals surface area contributed by atoms with Crippen LogP contribution >= 0.6 is 15.9 Å². The zero-order valence-electron chi connectivity index (χ0n) is 12.1. The van der Waals surface area contributed by atoms with Crippen LogP contribution in [0.4, 0.5) is 0 Å². The Morgan fingerprint density at radius 2 is 2.27 bits per heavy atom. The molecule has 1 aromatic heterocycles. The SMILES string of the molecule is CCOc1cc(/C=N\NC(=O)c2ccc(C)o2)cc(Br)c1O. The molecule has 2 N–H and O–H groups in total. The Morgan fingerprint density at radius 1 is 1.50 bits per heavy atom. The second-order valence-corrected chi connectivity index (χ2v) is 5.25. The van der Waals surface area contributed by atoms with Gasteiger partial charge in [0.2, 0.25) is 0 Å². The van der Waals surface area contributed by atoms with E-state index >= 15 is 0 Å². The number of nitrogens with one attached hydrogen (secondary N) is 1. The second kappa shape index (κ2) is 7.13. The molecule has 0 saturated carbocycles. The van der Waals surface area contributed by atoms with E-state index in [-0.39, 0.29) is 11.5 Å². The smallest absolute Gasteiger partial charge is 0.307 e. The van der Waals surface area contributed by atoms with Crippen molar-refractivity contribution in [1.82, 2.24) is 5.43 Å². The Labute approximate surface area is 135 Å². The first-order chi connectivity index (χ1) is 10.5. The van der Waals surface area contributed by atoms with Gasteiger partial charge in [0.15, 0.2) is 17.3 Å². The monoisotopic (exact) mass is 366 g/mol. The Kier molecular flexibility index (Phi) is 5.21. The number of carbonyl (C=O) groups is 1. The predicted molar refractivity (Wildman–Crippen MR) is 85.5 cm³/mol. The van der Waals surface area contributed by atoms with E-state index in [1.807, 2.05) is 6.92 Å². The van der Waals surface area contributed by atoms with Crippen molar-refractivity contribution in [2.75, 3.05) is 6.61 Å². The molecule has 22 heavy (non-hydrogen) atoms. The van der Waals surface area contributed by atoms with Gasteiger partial charge in [0.05, 0.1) is 17.3 Å². The molecule has 2 aromatic rings.